The molecule has 234 valence electrons. The molecule has 0 saturated heterocycles. The van der Waals surface area contributed by atoms with Crippen LogP contribution in [-0.2, 0) is 19.1 Å². The van der Waals surface area contributed by atoms with Crippen LogP contribution < -0.4 is 14.2 Å². The number of esters is 3. The molecule has 9 heteroatoms. The lowest BCUT2D eigenvalue weighted by molar-refractivity contribution is -0.141. The monoisotopic (exact) mass is 614 g/mol. The second-order valence-corrected chi connectivity index (χ2v) is 9.69. The zero-order valence-corrected chi connectivity index (χ0v) is 25.1. The lowest BCUT2D eigenvalue weighted by Gasteiger charge is -2.09. The van der Waals surface area contributed by atoms with E-state index in [0.717, 1.165) is 48.4 Å². The Morgan fingerprint density at radius 2 is 1.36 bits per heavy atom. The first-order chi connectivity index (χ1) is 21.7. The van der Waals surface area contributed by atoms with Gasteiger partial charge in [0.15, 0.2) is 0 Å². The maximum atomic E-state index is 12.7. The Kier molecular flexibility index (Phi) is 13.9. The first-order valence-electron chi connectivity index (χ1n) is 14.4. The molecule has 0 aromatic heterocycles. The van der Waals surface area contributed by atoms with Crippen LogP contribution in [0.2, 0.25) is 0 Å². The van der Waals surface area contributed by atoms with Gasteiger partial charge in [0.2, 0.25) is 5.83 Å². The van der Waals surface area contributed by atoms with Gasteiger partial charge in [0.05, 0.1) is 18.8 Å². The first kappa shape index (κ1) is 34.1. The van der Waals surface area contributed by atoms with E-state index in [2.05, 4.69) is 29.7 Å². The summed E-state index contributed by atoms with van der Waals surface area (Å²) in [5.41, 5.74) is 2.67. The summed E-state index contributed by atoms with van der Waals surface area (Å²) in [5, 5.41) is 0. The molecule has 0 aliphatic rings. The van der Waals surface area contributed by atoms with Gasteiger partial charge in [0, 0.05) is 17.2 Å². The van der Waals surface area contributed by atoms with Crippen molar-refractivity contribution in [2.24, 2.45) is 0 Å². The highest BCUT2D eigenvalue weighted by Crippen LogP contribution is 2.21. The molecular weight excluding hydrogens is 579 g/mol. The third kappa shape index (κ3) is 12.4. The van der Waals surface area contributed by atoms with Gasteiger partial charge in [0.1, 0.15) is 30.5 Å². The second-order valence-electron chi connectivity index (χ2n) is 9.69. The fourth-order valence-electron chi connectivity index (χ4n) is 3.82. The number of rotatable bonds is 16. The summed E-state index contributed by atoms with van der Waals surface area (Å²) < 4.78 is 39.0. The van der Waals surface area contributed by atoms with Gasteiger partial charge in [-0.05, 0) is 105 Å². The SMILES string of the molecule is C=CC(=O)OCCCCCCOc1ccc(C(=O)Oc2ccc(C#Cc3ccc(OCCOC(=O)C(=C)F)cc3)cc2C)cc1. The van der Waals surface area contributed by atoms with Crippen LogP contribution in [0.4, 0.5) is 4.39 Å². The van der Waals surface area contributed by atoms with Crippen molar-refractivity contribution in [1.82, 2.24) is 0 Å². The highest BCUT2D eigenvalue weighted by atomic mass is 19.1. The minimum atomic E-state index is -1.15. The topological polar surface area (TPSA) is 97.4 Å². The van der Waals surface area contributed by atoms with E-state index in [1.807, 2.05) is 13.0 Å². The first-order valence-corrected chi connectivity index (χ1v) is 14.4. The molecule has 45 heavy (non-hydrogen) atoms. The van der Waals surface area contributed by atoms with Crippen molar-refractivity contribution in [3.63, 3.8) is 0 Å². The van der Waals surface area contributed by atoms with Gasteiger partial charge in [-0.25, -0.2) is 14.4 Å². The van der Waals surface area contributed by atoms with Crippen LogP contribution in [-0.4, -0.2) is 44.3 Å². The number of aryl methyl sites for hydroxylation is 1. The Morgan fingerprint density at radius 1 is 0.756 bits per heavy atom. The van der Waals surface area contributed by atoms with E-state index in [0.29, 0.717) is 36.0 Å². The van der Waals surface area contributed by atoms with E-state index in [1.165, 1.54) is 0 Å². The van der Waals surface area contributed by atoms with Crippen LogP contribution in [0.15, 0.2) is 91.8 Å². The van der Waals surface area contributed by atoms with Crippen molar-refractivity contribution in [3.05, 3.63) is 114 Å². The number of hydrogen-bond donors (Lipinski definition) is 0. The summed E-state index contributed by atoms with van der Waals surface area (Å²) >= 11 is 0. The maximum absolute atomic E-state index is 12.7. The van der Waals surface area contributed by atoms with Gasteiger partial charge < -0.3 is 23.7 Å². The fraction of sp³-hybridized carbons (Fsp3) is 0.250. The number of carbonyl (C=O) groups excluding carboxylic acids is 3. The number of benzene rings is 3. The van der Waals surface area contributed by atoms with Crippen molar-refractivity contribution in [1.29, 1.82) is 0 Å². The summed E-state index contributed by atoms with van der Waals surface area (Å²) in [6.45, 7) is 8.97. The van der Waals surface area contributed by atoms with Crippen LogP contribution in [0.3, 0.4) is 0 Å². The van der Waals surface area contributed by atoms with Crippen LogP contribution in [0.5, 0.6) is 17.2 Å². The molecule has 0 bridgehead atoms. The maximum Gasteiger partial charge on any atom is 0.366 e. The van der Waals surface area contributed by atoms with Crippen LogP contribution in [0, 0.1) is 18.8 Å². The molecule has 0 atom stereocenters. The quantitative estimate of drug-likeness (QED) is 0.0579. The van der Waals surface area contributed by atoms with Gasteiger partial charge in [0.25, 0.3) is 0 Å². The number of ether oxygens (including phenoxy) is 5. The summed E-state index contributed by atoms with van der Waals surface area (Å²) in [5.74, 6) is 4.67. The number of unbranched alkanes of at least 4 members (excludes halogenated alkanes) is 3. The predicted octanol–water partition coefficient (Wildman–Crippen LogP) is 6.69. The third-order valence-corrected chi connectivity index (χ3v) is 6.20. The van der Waals surface area contributed by atoms with Gasteiger partial charge in [-0.3, -0.25) is 0 Å². The minimum absolute atomic E-state index is 0.0707. The van der Waals surface area contributed by atoms with Crippen molar-refractivity contribution in [2.75, 3.05) is 26.4 Å². The molecular formula is C36H35FO8. The average molecular weight is 615 g/mol. The Morgan fingerprint density at radius 3 is 2.00 bits per heavy atom. The van der Waals surface area contributed by atoms with E-state index >= 15 is 0 Å². The number of halogens is 1. The third-order valence-electron chi connectivity index (χ3n) is 6.20. The molecule has 3 aromatic rings. The largest absolute Gasteiger partial charge is 0.494 e. The molecule has 0 aliphatic heterocycles. The number of hydrogen-bond acceptors (Lipinski definition) is 8. The van der Waals surface area contributed by atoms with Crippen LogP contribution in [0.25, 0.3) is 0 Å². The van der Waals surface area contributed by atoms with E-state index in [9.17, 15) is 18.8 Å². The Labute approximate surface area is 262 Å². The van der Waals surface area contributed by atoms with Gasteiger partial charge in [-0.2, -0.15) is 4.39 Å². The minimum Gasteiger partial charge on any atom is -0.494 e. The van der Waals surface area contributed by atoms with E-state index in [-0.39, 0.29) is 13.2 Å². The van der Waals surface area contributed by atoms with E-state index in [1.54, 1.807) is 60.7 Å². The molecule has 0 spiro atoms. The van der Waals surface area contributed by atoms with Crippen molar-refractivity contribution in [2.45, 2.75) is 32.6 Å². The molecule has 0 saturated carbocycles. The highest BCUT2D eigenvalue weighted by Gasteiger charge is 2.11. The van der Waals surface area contributed by atoms with Gasteiger partial charge in [-0.1, -0.05) is 25.0 Å². The Balaban J connectivity index is 1.41. The van der Waals surface area contributed by atoms with E-state index in [4.69, 9.17) is 18.9 Å². The molecule has 0 fully saturated rings. The normalized spacial score (nSPS) is 10.1. The lowest BCUT2D eigenvalue weighted by Crippen LogP contribution is -2.12. The van der Waals surface area contributed by atoms with Crippen molar-refractivity contribution < 1.29 is 42.5 Å². The molecule has 0 unspecified atom stereocenters. The summed E-state index contributed by atoms with van der Waals surface area (Å²) in [7, 11) is 0. The van der Waals surface area contributed by atoms with Crippen LogP contribution in [0.1, 0.15) is 52.7 Å². The molecule has 0 N–H and O–H groups in total. The zero-order valence-electron chi connectivity index (χ0n) is 25.1. The van der Waals surface area contributed by atoms with E-state index < -0.39 is 23.7 Å². The smallest absolute Gasteiger partial charge is 0.366 e. The molecule has 0 amide bonds. The molecule has 3 aromatic carbocycles. The van der Waals surface area contributed by atoms with Crippen molar-refractivity contribution in [3.8, 4) is 29.1 Å². The zero-order chi connectivity index (χ0) is 32.4. The molecule has 3 rings (SSSR count). The predicted molar refractivity (Wildman–Crippen MR) is 167 cm³/mol. The average Bonchev–Trinajstić information content (AvgIpc) is 3.04. The standard InChI is InChI=1S/C36H35FO8/c1-4-34(38)43-22-8-6-5-7-21-41-32-18-14-30(15-19-32)36(40)45-33-20-13-29(25-26(33)2)10-9-28-11-16-31(17-12-28)42-23-24-44-35(39)27(3)37/h4,11-20,25H,1,3,5-8,21-24H2,2H3. The molecule has 0 radical (unpaired) electrons. The molecule has 0 aliphatic carbocycles. The fourth-order valence-corrected chi connectivity index (χ4v) is 3.82. The second kappa shape index (κ2) is 18.3. The molecule has 0 heterocycles. The number of carbonyl (C=O) groups is 3. The summed E-state index contributed by atoms with van der Waals surface area (Å²) in [6, 6.07) is 19.1. The van der Waals surface area contributed by atoms with Gasteiger partial charge in [-0.15, -0.1) is 0 Å². The highest BCUT2D eigenvalue weighted by molar-refractivity contribution is 5.91. The Hall–Kier alpha value is -5.36. The molecule has 8 nitrogen and oxygen atoms in total. The summed E-state index contributed by atoms with van der Waals surface area (Å²) in [6.07, 6.45) is 4.70. The van der Waals surface area contributed by atoms with Crippen molar-refractivity contribution >= 4 is 17.9 Å². The summed E-state index contributed by atoms with van der Waals surface area (Å²) in [4.78, 5) is 34.7. The van der Waals surface area contributed by atoms with Gasteiger partial charge >= 0.3 is 17.9 Å². The Bertz CT molecular complexity index is 1530. The lowest BCUT2D eigenvalue weighted by atomic mass is 10.1. The van der Waals surface area contributed by atoms with Crippen LogP contribution >= 0.6 is 0 Å².